The van der Waals surface area contributed by atoms with E-state index in [0.29, 0.717) is 47.9 Å². The van der Waals surface area contributed by atoms with Crippen molar-refractivity contribution in [2.75, 3.05) is 12.4 Å². The Hall–Kier alpha value is -5.68. The number of methoxy groups -OCH3 is 1. The Bertz CT molecular complexity index is 2130. The largest absolute Gasteiger partial charge is 0.534 e. The van der Waals surface area contributed by atoms with E-state index >= 15 is 0 Å². The van der Waals surface area contributed by atoms with Crippen LogP contribution in [0.3, 0.4) is 0 Å². The second kappa shape index (κ2) is 14.3. The maximum atomic E-state index is 13.5. The molecule has 2 heterocycles. The van der Waals surface area contributed by atoms with Crippen molar-refractivity contribution < 1.29 is 18.8 Å². The molecular formula is C40H44N6O4Si. The van der Waals surface area contributed by atoms with E-state index in [2.05, 4.69) is 91.9 Å². The quantitative estimate of drug-likeness (QED) is 0.149. The lowest BCUT2D eigenvalue weighted by Gasteiger charge is -2.43. The molecule has 0 atom stereocenters. The van der Waals surface area contributed by atoms with Crippen LogP contribution >= 0.6 is 0 Å². The van der Waals surface area contributed by atoms with E-state index in [1.54, 1.807) is 22.9 Å². The van der Waals surface area contributed by atoms with Crippen LogP contribution in [-0.4, -0.2) is 46.6 Å². The minimum absolute atomic E-state index is 0.168. The summed E-state index contributed by atoms with van der Waals surface area (Å²) >= 11 is 0. The highest BCUT2D eigenvalue weighted by molar-refractivity contribution is 7.00. The van der Waals surface area contributed by atoms with Gasteiger partial charge in [0.1, 0.15) is 22.7 Å². The number of rotatable bonds is 12. The van der Waals surface area contributed by atoms with Crippen LogP contribution in [0.15, 0.2) is 103 Å². The van der Waals surface area contributed by atoms with Crippen LogP contribution in [0, 0.1) is 6.92 Å². The highest BCUT2D eigenvalue weighted by atomic mass is 28.4. The van der Waals surface area contributed by atoms with Gasteiger partial charge in [0.2, 0.25) is 11.9 Å². The first-order chi connectivity index (χ1) is 24.4. The van der Waals surface area contributed by atoms with Gasteiger partial charge in [-0.05, 0) is 71.6 Å². The van der Waals surface area contributed by atoms with Gasteiger partial charge in [-0.25, -0.2) is 4.98 Å². The molecule has 3 N–H and O–H groups in total. The third-order valence-electron chi connectivity index (χ3n) is 9.21. The number of amides is 2. The molecule has 0 bridgehead atoms. The van der Waals surface area contributed by atoms with E-state index in [9.17, 15) is 9.59 Å². The molecule has 10 nitrogen and oxygen atoms in total. The van der Waals surface area contributed by atoms with Crippen LogP contribution in [0.4, 0.5) is 5.95 Å². The predicted octanol–water partition coefficient (Wildman–Crippen LogP) is 6.10. The summed E-state index contributed by atoms with van der Waals surface area (Å²) in [5.74, 6) is 0.615. The number of carbonyl (C=O) groups is 2. The Labute approximate surface area is 299 Å². The average Bonchev–Trinajstić information content (AvgIpc) is 3.69. The maximum Gasteiger partial charge on any atom is 0.319 e. The Morgan fingerprint density at radius 1 is 0.902 bits per heavy atom. The molecule has 0 spiro atoms. The molecular weight excluding hydrogens is 657 g/mol. The number of hydrogen-bond acceptors (Lipinski definition) is 6. The number of primary amides is 1. The van der Waals surface area contributed by atoms with Gasteiger partial charge < -0.3 is 19.5 Å². The van der Waals surface area contributed by atoms with Gasteiger partial charge in [0.15, 0.2) is 0 Å². The summed E-state index contributed by atoms with van der Waals surface area (Å²) in [7, 11) is -1.26. The van der Waals surface area contributed by atoms with E-state index in [-0.39, 0.29) is 16.5 Å². The lowest BCUT2D eigenvalue weighted by molar-refractivity contribution is 0.0995. The van der Waals surface area contributed by atoms with Crippen molar-refractivity contribution in [2.45, 2.75) is 59.2 Å². The van der Waals surface area contributed by atoms with Crippen molar-refractivity contribution >= 4 is 47.5 Å². The summed E-state index contributed by atoms with van der Waals surface area (Å²) in [6, 6.07) is 34.3. The SMILES string of the molecule is CCn1nc(C)cc1C(=O)Nc1nc2cc(C(N)=O)cc(OC)c2n1CCc1ccc(O[Si](c2ccccc2)(c2ccccc2)C(C)(C)C)cc1. The van der Waals surface area contributed by atoms with Crippen LogP contribution in [-0.2, 0) is 19.5 Å². The molecule has 0 fully saturated rings. The standard InChI is InChI=1S/C40H44N6O4Si/c1-7-46-34(24-27(2)44-46)38(48)43-39-42-33-25-29(37(41)47)26-35(49-6)36(33)45(39)23-22-28-18-20-30(21-19-28)50-51(40(3,4)5,31-14-10-8-11-15-31)32-16-12-9-13-17-32/h8-21,24-26H,7,22-23H2,1-6H3,(H2,41,47)(H,42,43,48). The summed E-state index contributed by atoms with van der Waals surface area (Å²) in [5.41, 5.74) is 9.24. The monoisotopic (exact) mass is 700 g/mol. The van der Waals surface area contributed by atoms with Crippen LogP contribution < -0.4 is 30.6 Å². The number of aryl methyl sites for hydroxylation is 4. The molecule has 11 heteroatoms. The highest BCUT2D eigenvalue weighted by Gasteiger charge is 2.52. The van der Waals surface area contributed by atoms with Gasteiger partial charge in [0.05, 0.1) is 18.3 Å². The third-order valence-corrected chi connectivity index (χ3v) is 14.2. The number of carbonyl (C=O) groups excluding carboxylic acids is 2. The Kier molecular flexibility index (Phi) is 9.84. The lowest BCUT2D eigenvalue weighted by Crippen LogP contribution is -2.68. The number of hydrogen-bond donors (Lipinski definition) is 2. The highest BCUT2D eigenvalue weighted by Crippen LogP contribution is 2.38. The van der Waals surface area contributed by atoms with Crippen molar-refractivity contribution in [3.63, 3.8) is 0 Å². The lowest BCUT2D eigenvalue weighted by atomic mass is 10.1. The first-order valence-electron chi connectivity index (χ1n) is 17.1. The second-order valence-electron chi connectivity index (χ2n) is 13.6. The molecule has 0 aliphatic carbocycles. The van der Waals surface area contributed by atoms with Gasteiger partial charge >= 0.3 is 8.32 Å². The molecule has 2 aromatic heterocycles. The minimum atomic E-state index is -2.79. The molecule has 0 aliphatic heterocycles. The number of imidazole rings is 1. The molecule has 0 unspecified atom stereocenters. The van der Waals surface area contributed by atoms with Crippen molar-refractivity contribution in [1.82, 2.24) is 19.3 Å². The average molecular weight is 701 g/mol. The summed E-state index contributed by atoms with van der Waals surface area (Å²) in [6.45, 7) is 11.6. The zero-order valence-electron chi connectivity index (χ0n) is 29.9. The fraction of sp³-hybridized carbons (Fsp3) is 0.250. The number of nitrogens with zero attached hydrogens (tertiary/aromatic N) is 4. The predicted molar refractivity (Wildman–Crippen MR) is 204 cm³/mol. The first kappa shape index (κ1) is 35.2. The summed E-state index contributed by atoms with van der Waals surface area (Å²) in [6.07, 6.45) is 0.612. The van der Waals surface area contributed by atoms with Crippen LogP contribution in [0.1, 0.15) is 59.8 Å². The fourth-order valence-corrected chi connectivity index (χ4v) is 11.2. The molecule has 6 aromatic rings. The van der Waals surface area contributed by atoms with Gasteiger partial charge in [-0.2, -0.15) is 5.10 Å². The zero-order chi connectivity index (χ0) is 36.3. The number of fused-ring (bicyclic) bond motifs is 1. The summed E-state index contributed by atoms with van der Waals surface area (Å²) < 4.78 is 16.5. The molecule has 51 heavy (non-hydrogen) atoms. The van der Waals surface area contributed by atoms with Crippen molar-refractivity contribution in [2.24, 2.45) is 5.73 Å². The van der Waals surface area contributed by atoms with Crippen LogP contribution in [0.2, 0.25) is 5.04 Å². The number of nitrogens with one attached hydrogen (secondary N) is 1. The molecule has 0 aliphatic rings. The van der Waals surface area contributed by atoms with Crippen molar-refractivity contribution in [1.29, 1.82) is 0 Å². The second-order valence-corrected chi connectivity index (χ2v) is 17.8. The molecule has 0 radical (unpaired) electrons. The molecule has 4 aromatic carbocycles. The van der Waals surface area contributed by atoms with Gasteiger partial charge in [-0.15, -0.1) is 0 Å². The van der Waals surface area contributed by atoms with E-state index in [4.69, 9.17) is 19.9 Å². The number of ether oxygens (including phenoxy) is 1. The smallest absolute Gasteiger partial charge is 0.319 e. The van der Waals surface area contributed by atoms with Crippen LogP contribution in [0.5, 0.6) is 11.5 Å². The zero-order valence-corrected chi connectivity index (χ0v) is 30.9. The molecule has 262 valence electrons. The van der Waals surface area contributed by atoms with Crippen molar-refractivity contribution in [3.05, 3.63) is 126 Å². The number of benzene rings is 4. The first-order valence-corrected chi connectivity index (χ1v) is 19.0. The van der Waals surface area contributed by atoms with E-state index < -0.39 is 14.2 Å². The van der Waals surface area contributed by atoms with Crippen LogP contribution in [0.25, 0.3) is 11.0 Å². The Balaban J connectivity index is 1.33. The van der Waals surface area contributed by atoms with Gasteiger partial charge in [0.25, 0.3) is 5.91 Å². The Morgan fingerprint density at radius 3 is 2.08 bits per heavy atom. The van der Waals surface area contributed by atoms with E-state index in [1.165, 1.54) is 17.5 Å². The number of aromatic nitrogens is 4. The minimum Gasteiger partial charge on any atom is -0.534 e. The van der Waals surface area contributed by atoms with E-state index in [0.717, 1.165) is 17.0 Å². The van der Waals surface area contributed by atoms with Gasteiger partial charge in [0, 0.05) is 18.7 Å². The normalized spacial score (nSPS) is 11.8. The maximum absolute atomic E-state index is 13.5. The van der Waals surface area contributed by atoms with Gasteiger partial charge in [-0.1, -0.05) is 93.6 Å². The number of nitrogens with two attached hydrogens (primary N) is 1. The van der Waals surface area contributed by atoms with E-state index in [1.807, 2.05) is 42.7 Å². The molecule has 2 amide bonds. The van der Waals surface area contributed by atoms with Gasteiger partial charge in [-0.3, -0.25) is 19.6 Å². The van der Waals surface area contributed by atoms with Crippen molar-refractivity contribution in [3.8, 4) is 11.5 Å². The molecule has 0 saturated heterocycles. The summed E-state index contributed by atoms with van der Waals surface area (Å²) in [5, 5.41) is 9.65. The topological polar surface area (TPSA) is 126 Å². The third kappa shape index (κ3) is 6.89. The number of anilines is 1. The molecule has 0 saturated carbocycles. The molecule has 6 rings (SSSR count). The fourth-order valence-electron chi connectivity index (χ4n) is 6.77. The summed E-state index contributed by atoms with van der Waals surface area (Å²) in [4.78, 5) is 30.4. The Morgan fingerprint density at radius 2 is 1.53 bits per heavy atom.